The van der Waals surface area contributed by atoms with Crippen LogP contribution < -0.4 is 5.73 Å². The molecule has 7 nitrogen and oxygen atoms in total. The Hall–Kier alpha value is -2.88. The monoisotopic (exact) mass is 296 g/mol. The molecule has 0 spiro atoms. The van der Waals surface area contributed by atoms with E-state index in [2.05, 4.69) is 46.8 Å². The summed E-state index contributed by atoms with van der Waals surface area (Å²) in [6.45, 7) is 6.57. The lowest BCUT2D eigenvalue weighted by Crippen LogP contribution is -2.10. The summed E-state index contributed by atoms with van der Waals surface area (Å²) in [7, 11) is 0. The first-order valence-corrected chi connectivity index (χ1v) is 6.88. The molecule has 0 saturated heterocycles. The highest BCUT2D eigenvalue weighted by Gasteiger charge is 2.21. The van der Waals surface area contributed by atoms with Gasteiger partial charge in [0.05, 0.1) is 17.1 Å². The van der Waals surface area contributed by atoms with Crippen molar-refractivity contribution in [2.75, 3.05) is 5.73 Å². The Morgan fingerprint density at radius 2 is 2.09 bits per heavy atom. The van der Waals surface area contributed by atoms with E-state index in [4.69, 9.17) is 11.0 Å². The lowest BCUT2D eigenvalue weighted by atomic mass is 9.87. The molecule has 0 saturated carbocycles. The fourth-order valence-corrected chi connectivity index (χ4v) is 2.36. The number of nitrogens with zero attached hydrogens (tertiary/aromatic N) is 5. The largest absolute Gasteiger partial charge is 0.379 e. The Kier molecular flexibility index (Phi) is 3.10. The van der Waals surface area contributed by atoms with E-state index in [1.807, 2.05) is 18.2 Å². The predicted molar refractivity (Wildman–Crippen MR) is 81.8 cm³/mol. The Morgan fingerprint density at radius 1 is 1.32 bits per heavy atom. The summed E-state index contributed by atoms with van der Waals surface area (Å²) in [5, 5.41) is 16.5. The van der Waals surface area contributed by atoms with Crippen LogP contribution in [-0.2, 0) is 12.0 Å². The van der Waals surface area contributed by atoms with E-state index in [9.17, 15) is 0 Å². The summed E-state index contributed by atoms with van der Waals surface area (Å²) < 4.78 is 6.41. The maximum Gasteiger partial charge on any atom is 0.199 e. The van der Waals surface area contributed by atoms with Crippen LogP contribution in [0.4, 0.5) is 5.82 Å². The minimum Gasteiger partial charge on any atom is -0.379 e. The Morgan fingerprint density at radius 3 is 2.68 bits per heavy atom. The van der Waals surface area contributed by atoms with Gasteiger partial charge in [-0.2, -0.15) is 5.26 Å². The van der Waals surface area contributed by atoms with Gasteiger partial charge in [-0.05, 0) is 33.4 Å². The number of imidazole rings is 1. The van der Waals surface area contributed by atoms with Crippen LogP contribution in [0.5, 0.6) is 0 Å². The molecule has 0 aliphatic rings. The van der Waals surface area contributed by atoms with Crippen LogP contribution in [0.3, 0.4) is 0 Å². The van der Waals surface area contributed by atoms with Gasteiger partial charge in [-0.15, -0.1) is 0 Å². The fourth-order valence-electron chi connectivity index (χ4n) is 2.36. The first-order valence-electron chi connectivity index (χ1n) is 6.88. The first kappa shape index (κ1) is 14.1. The molecular formula is C15H16N6O. The van der Waals surface area contributed by atoms with E-state index in [1.54, 1.807) is 4.57 Å². The topological polar surface area (TPSA) is 107 Å². The Bertz CT molecular complexity index is 878. The number of rotatable bonds is 2. The van der Waals surface area contributed by atoms with Crippen molar-refractivity contribution in [3.63, 3.8) is 0 Å². The van der Waals surface area contributed by atoms with E-state index in [-0.39, 0.29) is 17.8 Å². The molecule has 2 N–H and O–H groups in total. The third kappa shape index (κ3) is 2.19. The van der Waals surface area contributed by atoms with Crippen LogP contribution in [0.25, 0.3) is 22.6 Å². The zero-order valence-electron chi connectivity index (χ0n) is 12.7. The molecule has 2 aromatic heterocycles. The van der Waals surface area contributed by atoms with Gasteiger partial charge in [-0.1, -0.05) is 26.8 Å². The van der Waals surface area contributed by atoms with Gasteiger partial charge in [0.25, 0.3) is 0 Å². The van der Waals surface area contributed by atoms with E-state index in [0.717, 1.165) is 11.0 Å². The number of nitrogen functional groups attached to an aromatic ring is 1. The lowest BCUT2D eigenvalue weighted by Gasteiger charge is -2.18. The highest BCUT2D eigenvalue weighted by Crippen LogP contribution is 2.30. The van der Waals surface area contributed by atoms with E-state index < -0.39 is 0 Å². The molecule has 7 heteroatoms. The maximum absolute atomic E-state index is 9.08. The van der Waals surface area contributed by atoms with Gasteiger partial charge in [-0.25, -0.2) is 9.61 Å². The molecule has 0 radical (unpaired) electrons. The molecule has 0 bridgehead atoms. The molecule has 2 heterocycles. The van der Waals surface area contributed by atoms with Gasteiger partial charge in [0.1, 0.15) is 6.54 Å². The van der Waals surface area contributed by atoms with Gasteiger partial charge < -0.3 is 10.3 Å². The molecule has 0 amide bonds. The number of nitrogens with two attached hydrogens (primary N) is 1. The minimum absolute atomic E-state index is 0.0157. The Balaban J connectivity index is 2.27. The van der Waals surface area contributed by atoms with Gasteiger partial charge in [-0.3, -0.25) is 0 Å². The van der Waals surface area contributed by atoms with Gasteiger partial charge in [0.2, 0.25) is 0 Å². The van der Waals surface area contributed by atoms with Crippen molar-refractivity contribution in [1.29, 1.82) is 5.26 Å². The van der Waals surface area contributed by atoms with Crippen LogP contribution in [0.2, 0.25) is 0 Å². The van der Waals surface area contributed by atoms with E-state index in [1.165, 1.54) is 5.56 Å². The maximum atomic E-state index is 9.08. The standard InChI is InChI=1S/C15H16N6O/c1-15(2,3)9-4-5-11-10(8-9)18-14(21(11)7-6-16)12-13(17)20-22-19-12/h4-5,8H,7H2,1-3H3,(H2,17,20). The summed E-state index contributed by atoms with van der Waals surface area (Å²) in [5.41, 5.74) is 8.93. The number of nitriles is 1. The number of hydrogen-bond donors (Lipinski definition) is 1. The average Bonchev–Trinajstić information content (AvgIpc) is 3.02. The molecule has 0 atom stereocenters. The quantitative estimate of drug-likeness (QED) is 0.778. The molecule has 112 valence electrons. The number of anilines is 1. The summed E-state index contributed by atoms with van der Waals surface area (Å²) in [6.07, 6.45) is 0. The molecular weight excluding hydrogens is 280 g/mol. The van der Waals surface area contributed by atoms with Gasteiger partial charge in [0.15, 0.2) is 17.3 Å². The molecule has 0 unspecified atom stereocenters. The molecule has 0 fully saturated rings. The highest BCUT2D eigenvalue weighted by molar-refractivity contribution is 5.82. The van der Waals surface area contributed by atoms with Crippen LogP contribution >= 0.6 is 0 Å². The molecule has 3 rings (SSSR count). The van der Waals surface area contributed by atoms with E-state index in [0.29, 0.717) is 11.5 Å². The van der Waals surface area contributed by atoms with Crippen molar-refractivity contribution in [1.82, 2.24) is 19.9 Å². The van der Waals surface area contributed by atoms with Crippen molar-refractivity contribution < 1.29 is 4.63 Å². The third-order valence-electron chi connectivity index (χ3n) is 3.57. The number of hydrogen-bond acceptors (Lipinski definition) is 6. The first-order chi connectivity index (χ1) is 10.4. The zero-order valence-corrected chi connectivity index (χ0v) is 12.7. The third-order valence-corrected chi connectivity index (χ3v) is 3.57. The summed E-state index contributed by atoms with van der Waals surface area (Å²) in [6, 6.07) is 8.17. The molecule has 3 aromatic rings. The van der Waals surface area contributed by atoms with Crippen molar-refractivity contribution in [3.8, 4) is 17.6 Å². The number of aromatic nitrogens is 4. The number of benzene rings is 1. The van der Waals surface area contributed by atoms with E-state index >= 15 is 0 Å². The molecule has 0 aliphatic heterocycles. The van der Waals surface area contributed by atoms with Crippen molar-refractivity contribution >= 4 is 16.9 Å². The summed E-state index contributed by atoms with van der Waals surface area (Å²) >= 11 is 0. The fraction of sp³-hybridized carbons (Fsp3) is 0.333. The molecule has 22 heavy (non-hydrogen) atoms. The number of fused-ring (bicyclic) bond motifs is 1. The second-order valence-corrected chi connectivity index (χ2v) is 6.13. The molecule has 0 aliphatic carbocycles. The summed E-state index contributed by atoms with van der Waals surface area (Å²) in [4.78, 5) is 4.58. The Labute approximate surface area is 127 Å². The summed E-state index contributed by atoms with van der Waals surface area (Å²) in [5.74, 6) is 0.645. The second kappa shape index (κ2) is 4.84. The lowest BCUT2D eigenvalue weighted by molar-refractivity contribution is 0.310. The predicted octanol–water partition coefficient (Wildman–Crippen LogP) is 2.49. The van der Waals surface area contributed by atoms with Crippen molar-refractivity contribution in [2.45, 2.75) is 32.7 Å². The van der Waals surface area contributed by atoms with Crippen molar-refractivity contribution in [2.24, 2.45) is 0 Å². The van der Waals surface area contributed by atoms with Crippen molar-refractivity contribution in [3.05, 3.63) is 23.8 Å². The van der Waals surface area contributed by atoms with Gasteiger partial charge in [0, 0.05) is 0 Å². The molecule has 1 aromatic carbocycles. The van der Waals surface area contributed by atoms with Crippen LogP contribution in [0.15, 0.2) is 22.8 Å². The normalized spacial score (nSPS) is 11.7. The van der Waals surface area contributed by atoms with Crippen LogP contribution in [0, 0.1) is 11.3 Å². The SMILES string of the molecule is CC(C)(C)c1ccc2c(c1)nc(-c1nonc1N)n2CC#N. The average molecular weight is 296 g/mol. The highest BCUT2D eigenvalue weighted by atomic mass is 16.6. The van der Waals surface area contributed by atoms with Crippen LogP contribution in [0.1, 0.15) is 26.3 Å². The zero-order chi connectivity index (χ0) is 15.9. The van der Waals surface area contributed by atoms with Crippen LogP contribution in [-0.4, -0.2) is 19.9 Å². The minimum atomic E-state index is 0.0157. The van der Waals surface area contributed by atoms with Gasteiger partial charge >= 0.3 is 0 Å². The smallest absolute Gasteiger partial charge is 0.199 e. The second-order valence-electron chi connectivity index (χ2n) is 6.13.